The number of piperidine rings is 1. The molecule has 9 nitrogen and oxygen atoms in total. The molecule has 1 saturated heterocycles. The van der Waals surface area contributed by atoms with E-state index in [0.717, 1.165) is 56.8 Å². The average Bonchev–Trinajstić information content (AvgIpc) is 3.05. The van der Waals surface area contributed by atoms with Crippen LogP contribution in [-0.4, -0.2) is 43.6 Å². The fraction of sp³-hybridized carbons (Fsp3) is 0.324. The van der Waals surface area contributed by atoms with E-state index in [1.165, 1.54) is 17.7 Å². The number of anilines is 1. The monoisotopic (exact) mass is 598 g/mol. The Balaban J connectivity index is 1.12. The molecule has 1 fully saturated rings. The topological polar surface area (TPSA) is 111 Å². The standard InChI is InChI=1S/C34H35FN4O5/c1-42-31-18-25-28(19-32(31)43-20-21-11-14-36-15-12-21)37-16-13-29(25)44-30-10-9-23(17-26(30)35)38-33(40)34(41)39-27-8-4-6-22-5-2-3-7-24(22)27/h2-3,5,7,9-10,13,16-19,21,27,36H,4,6,8,11-12,14-15,20H2,1H3,(H,38,40)(H,39,41). The van der Waals surface area contributed by atoms with E-state index in [0.29, 0.717) is 40.7 Å². The van der Waals surface area contributed by atoms with Crippen molar-refractivity contribution < 1.29 is 28.2 Å². The van der Waals surface area contributed by atoms with Gasteiger partial charge in [-0.15, -0.1) is 0 Å². The van der Waals surface area contributed by atoms with Gasteiger partial charge in [-0.25, -0.2) is 4.39 Å². The Hall–Kier alpha value is -4.70. The zero-order valence-electron chi connectivity index (χ0n) is 24.5. The smallest absolute Gasteiger partial charge is 0.313 e. The number of carbonyl (C=O) groups is 2. The molecule has 4 aromatic rings. The third kappa shape index (κ3) is 6.60. The number of carbonyl (C=O) groups excluding carboxylic acids is 2. The number of ether oxygens (including phenoxy) is 3. The van der Waals surface area contributed by atoms with Crippen LogP contribution in [-0.2, 0) is 16.0 Å². The summed E-state index contributed by atoms with van der Waals surface area (Å²) in [5.74, 6) is -0.439. The molecule has 228 valence electrons. The second-order valence-electron chi connectivity index (χ2n) is 11.2. The fourth-order valence-corrected chi connectivity index (χ4v) is 5.84. The average molecular weight is 599 g/mol. The molecule has 1 aliphatic carbocycles. The number of halogens is 1. The van der Waals surface area contributed by atoms with Gasteiger partial charge in [0.15, 0.2) is 23.1 Å². The first kappa shape index (κ1) is 29.4. The van der Waals surface area contributed by atoms with Gasteiger partial charge in [-0.3, -0.25) is 14.6 Å². The number of aromatic nitrogens is 1. The second kappa shape index (κ2) is 13.3. The Morgan fingerprint density at radius 2 is 1.80 bits per heavy atom. The van der Waals surface area contributed by atoms with Crippen molar-refractivity contribution >= 4 is 28.4 Å². The highest BCUT2D eigenvalue weighted by molar-refractivity contribution is 6.39. The Morgan fingerprint density at radius 3 is 2.61 bits per heavy atom. The SMILES string of the molecule is COc1cc2c(Oc3ccc(NC(=O)C(=O)NC4CCCc5ccccc54)cc3F)ccnc2cc1OCC1CCNCC1. The lowest BCUT2D eigenvalue weighted by Crippen LogP contribution is -2.38. The quantitative estimate of drug-likeness (QED) is 0.224. The predicted octanol–water partition coefficient (Wildman–Crippen LogP) is 5.69. The number of nitrogens with zero attached hydrogens (tertiary/aromatic N) is 1. The van der Waals surface area contributed by atoms with Crippen LogP contribution in [0.25, 0.3) is 10.9 Å². The molecule has 6 rings (SSSR count). The van der Waals surface area contributed by atoms with Gasteiger partial charge in [0.1, 0.15) is 5.75 Å². The van der Waals surface area contributed by atoms with Gasteiger partial charge in [0, 0.05) is 29.4 Å². The highest BCUT2D eigenvalue weighted by Gasteiger charge is 2.25. The molecule has 0 spiro atoms. The lowest BCUT2D eigenvalue weighted by Gasteiger charge is -2.26. The van der Waals surface area contributed by atoms with E-state index in [1.54, 1.807) is 31.5 Å². The van der Waals surface area contributed by atoms with E-state index < -0.39 is 17.6 Å². The minimum Gasteiger partial charge on any atom is -0.493 e. The van der Waals surface area contributed by atoms with Crippen LogP contribution in [0.15, 0.2) is 66.9 Å². The summed E-state index contributed by atoms with van der Waals surface area (Å²) in [6, 6.07) is 16.9. The van der Waals surface area contributed by atoms with Crippen LogP contribution in [0.4, 0.5) is 10.1 Å². The molecule has 44 heavy (non-hydrogen) atoms. The first-order valence-corrected chi connectivity index (χ1v) is 15.0. The van der Waals surface area contributed by atoms with Gasteiger partial charge in [0.25, 0.3) is 0 Å². The molecule has 1 unspecified atom stereocenters. The maximum atomic E-state index is 15.2. The zero-order chi connectivity index (χ0) is 30.5. The zero-order valence-corrected chi connectivity index (χ0v) is 24.5. The number of amides is 2. The van der Waals surface area contributed by atoms with Crippen molar-refractivity contribution in [3.63, 3.8) is 0 Å². The molecule has 2 aliphatic rings. The number of methoxy groups -OCH3 is 1. The summed E-state index contributed by atoms with van der Waals surface area (Å²) in [5, 5.41) is 9.27. The van der Waals surface area contributed by atoms with Crippen molar-refractivity contribution in [3.05, 3.63) is 83.8 Å². The lowest BCUT2D eigenvalue weighted by atomic mass is 9.88. The molecule has 3 N–H and O–H groups in total. The van der Waals surface area contributed by atoms with Gasteiger partial charge in [-0.2, -0.15) is 0 Å². The minimum atomic E-state index is -0.869. The molecule has 0 saturated carbocycles. The summed E-state index contributed by atoms with van der Waals surface area (Å²) in [6.45, 7) is 2.56. The Morgan fingerprint density at radius 1 is 0.955 bits per heavy atom. The normalized spacial score (nSPS) is 16.5. The highest BCUT2D eigenvalue weighted by Crippen LogP contribution is 2.38. The van der Waals surface area contributed by atoms with Gasteiger partial charge >= 0.3 is 11.8 Å². The van der Waals surface area contributed by atoms with Crippen molar-refractivity contribution in [2.45, 2.75) is 38.1 Å². The van der Waals surface area contributed by atoms with Crippen LogP contribution in [0.1, 0.15) is 42.9 Å². The van der Waals surface area contributed by atoms with Crippen LogP contribution in [0.3, 0.4) is 0 Å². The maximum Gasteiger partial charge on any atom is 0.313 e. The molecule has 1 aliphatic heterocycles. The lowest BCUT2D eigenvalue weighted by molar-refractivity contribution is -0.136. The third-order valence-corrected chi connectivity index (χ3v) is 8.21. The van der Waals surface area contributed by atoms with Crippen LogP contribution >= 0.6 is 0 Å². The van der Waals surface area contributed by atoms with Crippen LogP contribution in [0, 0.1) is 11.7 Å². The fourth-order valence-electron chi connectivity index (χ4n) is 5.84. The van der Waals surface area contributed by atoms with Crippen molar-refractivity contribution in [2.24, 2.45) is 5.92 Å². The largest absolute Gasteiger partial charge is 0.493 e. The van der Waals surface area contributed by atoms with Crippen LogP contribution in [0.2, 0.25) is 0 Å². The van der Waals surface area contributed by atoms with E-state index in [-0.39, 0.29) is 17.5 Å². The van der Waals surface area contributed by atoms with E-state index >= 15 is 4.39 Å². The number of hydrogen-bond acceptors (Lipinski definition) is 7. The van der Waals surface area contributed by atoms with E-state index in [2.05, 4.69) is 20.9 Å². The van der Waals surface area contributed by atoms with Gasteiger partial charge in [-0.1, -0.05) is 24.3 Å². The number of nitrogens with one attached hydrogen (secondary N) is 3. The molecular weight excluding hydrogens is 563 g/mol. The Kier molecular flexibility index (Phi) is 8.88. The number of pyridine rings is 1. The molecular formula is C34H35FN4O5. The summed E-state index contributed by atoms with van der Waals surface area (Å²) in [5.41, 5.74) is 2.94. The molecule has 10 heteroatoms. The number of fused-ring (bicyclic) bond motifs is 2. The molecule has 0 radical (unpaired) electrons. The van der Waals surface area contributed by atoms with Gasteiger partial charge in [0.05, 0.1) is 25.3 Å². The highest BCUT2D eigenvalue weighted by atomic mass is 19.1. The minimum absolute atomic E-state index is 0.0519. The number of aryl methyl sites for hydroxylation is 1. The molecule has 0 bridgehead atoms. The first-order valence-electron chi connectivity index (χ1n) is 15.0. The summed E-state index contributed by atoms with van der Waals surface area (Å²) in [7, 11) is 1.57. The van der Waals surface area contributed by atoms with Crippen LogP contribution in [0.5, 0.6) is 23.0 Å². The number of benzene rings is 3. The Labute approximate surface area is 255 Å². The molecule has 2 heterocycles. The van der Waals surface area contributed by atoms with E-state index in [4.69, 9.17) is 14.2 Å². The van der Waals surface area contributed by atoms with Gasteiger partial charge in [-0.05, 0) is 86.5 Å². The van der Waals surface area contributed by atoms with Crippen molar-refractivity contribution in [1.82, 2.24) is 15.6 Å². The molecule has 1 atom stereocenters. The third-order valence-electron chi connectivity index (χ3n) is 8.21. The summed E-state index contributed by atoms with van der Waals surface area (Å²) in [4.78, 5) is 29.8. The van der Waals surface area contributed by atoms with Crippen molar-refractivity contribution in [2.75, 3.05) is 32.1 Å². The van der Waals surface area contributed by atoms with Gasteiger partial charge in [0.2, 0.25) is 0 Å². The summed E-state index contributed by atoms with van der Waals surface area (Å²) < 4.78 is 32.8. The van der Waals surface area contributed by atoms with Gasteiger partial charge < -0.3 is 30.2 Å². The summed E-state index contributed by atoms with van der Waals surface area (Å²) in [6.07, 6.45) is 6.31. The van der Waals surface area contributed by atoms with E-state index in [1.807, 2.05) is 24.3 Å². The van der Waals surface area contributed by atoms with Crippen LogP contribution < -0.4 is 30.2 Å². The predicted molar refractivity (Wildman–Crippen MR) is 165 cm³/mol. The Bertz CT molecular complexity index is 1670. The molecule has 3 aromatic carbocycles. The summed E-state index contributed by atoms with van der Waals surface area (Å²) >= 11 is 0. The number of hydrogen-bond donors (Lipinski definition) is 3. The molecule has 1 aromatic heterocycles. The maximum absolute atomic E-state index is 15.2. The second-order valence-corrected chi connectivity index (χ2v) is 11.2. The first-order chi connectivity index (χ1) is 21.5. The number of rotatable bonds is 8. The van der Waals surface area contributed by atoms with E-state index in [9.17, 15) is 9.59 Å². The van der Waals surface area contributed by atoms with Crippen molar-refractivity contribution in [1.29, 1.82) is 0 Å². The van der Waals surface area contributed by atoms with Crippen molar-refractivity contribution in [3.8, 4) is 23.0 Å². The molecule has 2 amide bonds.